The van der Waals surface area contributed by atoms with E-state index in [1.807, 2.05) is 42.5 Å². The van der Waals surface area contributed by atoms with Crippen LogP contribution in [0.5, 0.6) is 0 Å². The minimum atomic E-state index is -0.498. The van der Waals surface area contributed by atoms with E-state index in [-0.39, 0.29) is 0 Å². The Labute approximate surface area is 153 Å². The predicted molar refractivity (Wildman–Crippen MR) is 99.3 cm³/mol. The molecule has 0 spiro atoms. The van der Waals surface area contributed by atoms with Gasteiger partial charge in [-0.25, -0.2) is 0 Å². The molecule has 2 aromatic carbocycles. The number of nitrogens with zero attached hydrogens (tertiary/aromatic N) is 2. The summed E-state index contributed by atoms with van der Waals surface area (Å²) in [5.74, 6) is 0.492. The van der Waals surface area contributed by atoms with Crippen molar-refractivity contribution in [2.24, 2.45) is 0 Å². The van der Waals surface area contributed by atoms with Crippen LogP contribution < -0.4 is 0 Å². The molecule has 2 aromatic rings. The number of rotatable bonds is 7. The Morgan fingerprint density at radius 3 is 2.46 bits per heavy atom. The zero-order chi connectivity index (χ0) is 17.0. The van der Waals surface area contributed by atoms with Gasteiger partial charge in [0.25, 0.3) is 0 Å². The molecule has 0 bridgehead atoms. The standard InChI is InChI=1S/C20H20Cl2N2/c21-11-10-20(15-23,17-4-2-1-3-5-17)12-19-14-24(19)13-16-6-8-18(22)9-7-16/h1-9,19H,10-14H2/t19-,20+,24?/m1/s1. The molecule has 24 heavy (non-hydrogen) atoms. The van der Waals surface area contributed by atoms with Gasteiger partial charge in [-0.3, -0.25) is 4.90 Å². The molecule has 1 aliphatic heterocycles. The van der Waals surface area contributed by atoms with E-state index >= 15 is 0 Å². The second-order valence-corrected chi connectivity index (χ2v) is 7.23. The molecule has 3 rings (SSSR count). The molecule has 4 heteroatoms. The van der Waals surface area contributed by atoms with Crippen molar-refractivity contribution in [1.29, 1.82) is 5.26 Å². The molecule has 124 valence electrons. The molecule has 1 saturated heterocycles. The number of halogens is 2. The van der Waals surface area contributed by atoms with Gasteiger partial charge in [0.2, 0.25) is 0 Å². The van der Waals surface area contributed by atoms with Gasteiger partial charge >= 0.3 is 0 Å². The molecule has 1 unspecified atom stereocenters. The van der Waals surface area contributed by atoms with Gasteiger partial charge < -0.3 is 0 Å². The minimum Gasteiger partial charge on any atom is -0.293 e. The molecule has 2 nitrogen and oxygen atoms in total. The third kappa shape index (κ3) is 3.92. The second kappa shape index (κ2) is 7.57. The van der Waals surface area contributed by atoms with Gasteiger partial charge in [0.1, 0.15) is 0 Å². The number of benzene rings is 2. The third-order valence-corrected chi connectivity index (χ3v) is 5.21. The van der Waals surface area contributed by atoms with Crippen LogP contribution in [0.2, 0.25) is 5.02 Å². The van der Waals surface area contributed by atoms with E-state index in [1.165, 1.54) is 5.56 Å². The van der Waals surface area contributed by atoms with Crippen molar-refractivity contribution in [3.05, 3.63) is 70.7 Å². The summed E-state index contributed by atoms with van der Waals surface area (Å²) < 4.78 is 0. The van der Waals surface area contributed by atoms with Crippen molar-refractivity contribution >= 4 is 23.2 Å². The smallest absolute Gasteiger partial charge is 0.0849 e. The summed E-state index contributed by atoms with van der Waals surface area (Å²) >= 11 is 12.0. The summed E-state index contributed by atoms with van der Waals surface area (Å²) in [5, 5.41) is 10.7. The van der Waals surface area contributed by atoms with Gasteiger partial charge in [-0.2, -0.15) is 5.26 Å². The van der Waals surface area contributed by atoms with Crippen LogP contribution in [0.1, 0.15) is 24.0 Å². The van der Waals surface area contributed by atoms with Gasteiger partial charge in [-0.05, 0) is 36.1 Å². The fourth-order valence-corrected chi connectivity index (χ4v) is 3.73. The average Bonchev–Trinajstić information content (AvgIpc) is 3.34. The first kappa shape index (κ1) is 17.3. The zero-order valence-corrected chi connectivity index (χ0v) is 15.0. The lowest BCUT2D eigenvalue weighted by Gasteiger charge is -2.26. The Morgan fingerprint density at radius 2 is 1.83 bits per heavy atom. The van der Waals surface area contributed by atoms with Gasteiger partial charge in [0.15, 0.2) is 0 Å². The summed E-state index contributed by atoms with van der Waals surface area (Å²) in [6.45, 7) is 1.93. The zero-order valence-electron chi connectivity index (χ0n) is 13.5. The first-order chi connectivity index (χ1) is 11.7. The van der Waals surface area contributed by atoms with Crippen LogP contribution in [0.25, 0.3) is 0 Å². The molecular weight excluding hydrogens is 339 g/mol. The van der Waals surface area contributed by atoms with Crippen LogP contribution in [-0.4, -0.2) is 23.4 Å². The summed E-state index contributed by atoms with van der Waals surface area (Å²) in [6.07, 6.45) is 1.51. The van der Waals surface area contributed by atoms with Crippen molar-refractivity contribution in [1.82, 2.24) is 4.90 Å². The van der Waals surface area contributed by atoms with Crippen LogP contribution >= 0.6 is 23.2 Å². The molecule has 0 aliphatic carbocycles. The highest BCUT2D eigenvalue weighted by atomic mass is 35.5. The van der Waals surface area contributed by atoms with E-state index in [9.17, 15) is 5.26 Å². The monoisotopic (exact) mass is 358 g/mol. The molecule has 0 aromatic heterocycles. The maximum atomic E-state index is 9.90. The number of nitriles is 1. The van der Waals surface area contributed by atoms with Crippen molar-refractivity contribution in [2.45, 2.75) is 30.8 Å². The maximum Gasteiger partial charge on any atom is 0.0849 e. The van der Waals surface area contributed by atoms with Gasteiger partial charge in [0, 0.05) is 30.0 Å². The number of alkyl halides is 1. The van der Waals surface area contributed by atoms with E-state index in [0.29, 0.717) is 18.3 Å². The summed E-state index contributed by atoms with van der Waals surface area (Å²) in [6, 6.07) is 21.0. The van der Waals surface area contributed by atoms with Gasteiger partial charge in [-0.15, -0.1) is 11.6 Å². The Kier molecular flexibility index (Phi) is 5.46. The molecule has 0 radical (unpaired) electrons. The quantitative estimate of drug-likeness (QED) is 0.514. The molecular formula is C20H20Cl2N2. The van der Waals surface area contributed by atoms with E-state index in [2.05, 4.69) is 23.1 Å². The number of hydrogen-bond donors (Lipinski definition) is 0. The lowest BCUT2D eigenvalue weighted by atomic mass is 9.75. The molecule has 0 amide bonds. The lowest BCUT2D eigenvalue weighted by molar-refractivity contribution is 0.413. The third-order valence-electron chi connectivity index (χ3n) is 4.77. The first-order valence-electron chi connectivity index (χ1n) is 8.18. The second-order valence-electron chi connectivity index (χ2n) is 6.41. The fourth-order valence-electron chi connectivity index (χ4n) is 3.29. The molecule has 3 atom stereocenters. The average molecular weight is 359 g/mol. The van der Waals surface area contributed by atoms with Crippen molar-refractivity contribution in [3.63, 3.8) is 0 Å². The maximum absolute atomic E-state index is 9.90. The lowest BCUT2D eigenvalue weighted by Crippen LogP contribution is -2.28. The molecule has 0 saturated carbocycles. The van der Waals surface area contributed by atoms with Gasteiger partial charge in [-0.1, -0.05) is 54.1 Å². The van der Waals surface area contributed by atoms with E-state index < -0.39 is 5.41 Å². The Hall–Kier alpha value is -1.53. The summed E-state index contributed by atoms with van der Waals surface area (Å²) in [5.41, 5.74) is 1.83. The van der Waals surface area contributed by atoms with E-state index in [1.54, 1.807) is 0 Å². The van der Waals surface area contributed by atoms with Crippen LogP contribution in [0.4, 0.5) is 0 Å². The summed E-state index contributed by atoms with van der Waals surface area (Å²) in [4.78, 5) is 2.40. The highest BCUT2D eigenvalue weighted by Crippen LogP contribution is 2.38. The van der Waals surface area contributed by atoms with Crippen molar-refractivity contribution in [3.8, 4) is 6.07 Å². The SMILES string of the molecule is N#C[C@](CCCl)(C[C@@H]1CN1Cc1ccc(Cl)cc1)c1ccccc1. The normalized spacial score (nSPS) is 21.7. The highest BCUT2D eigenvalue weighted by Gasteiger charge is 2.43. The summed E-state index contributed by atoms with van der Waals surface area (Å²) in [7, 11) is 0. The molecule has 0 N–H and O–H groups in total. The number of hydrogen-bond acceptors (Lipinski definition) is 2. The molecule has 1 heterocycles. The van der Waals surface area contributed by atoms with Gasteiger partial charge in [0.05, 0.1) is 11.5 Å². The van der Waals surface area contributed by atoms with Crippen molar-refractivity contribution in [2.75, 3.05) is 12.4 Å². The van der Waals surface area contributed by atoms with E-state index in [4.69, 9.17) is 23.2 Å². The Morgan fingerprint density at radius 1 is 1.12 bits per heavy atom. The Bertz CT molecular complexity index is 709. The minimum absolute atomic E-state index is 0.434. The van der Waals surface area contributed by atoms with Crippen molar-refractivity contribution < 1.29 is 0 Å². The molecule has 1 aliphatic rings. The van der Waals surface area contributed by atoms with Crippen LogP contribution in [0.3, 0.4) is 0 Å². The van der Waals surface area contributed by atoms with Crippen LogP contribution in [-0.2, 0) is 12.0 Å². The Balaban J connectivity index is 1.69. The topological polar surface area (TPSA) is 26.8 Å². The first-order valence-corrected chi connectivity index (χ1v) is 9.09. The van der Waals surface area contributed by atoms with Crippen LogP contribution in [0.15, 0.2) is 54.6 Å². The van der Waals surface area contributed by atoms with E-state index in [0.717, 1.165) is 30.1 Å². The fraction of sp³-hybridized carbons (Fsp3) is 0.350. The highest BCUT2D eigenvalue weighted by molar-refractivity contribution is 6.30. The predicted octanol–water partition coefficient (Wildman–Crippen LogP) is 5.00. The largest absolute Gasteiger partial charge is 0.293 e. The molecule has 1 fully saturated rings. The van der Waals surface area contributed by atoms with Crippen LogP contribution in [0, 0.1) is 11.3 Å².